The van der Waals surface area contributed by atoms with Gasteiger partial charge < -0.3 is 10.2 Å². The van der Waals surface area contributed by atoms with Crippen molar-refractivity contribution in [2.24, 2.45) is 0 Å². The Morgan fingerprint density at radius 3 is 1.62 bits per heavy atom. The van der Waals surface area contributed by atoms with E-state index in [0.29, 0.717) is 12.1 Å². The van der Waals surface area contributed by atoms with Crippen LogP contribution in [0.1, 0.15) is 5.56 Å². The molecule has 2 nitrogen and oxygen atoms in total. The normalized spacial score (nSPS) is 13.0. The zero-order chi connectivity index (χ0) is 12.7. The first-order valence-corrected chi connectivity index (χ1v) is 4.87. The summed E-state index contributed by atoms with van der Waals surface area (Å²) >= 11 is 16.4. The van der Waals surface area contributed by atoms with Gasteiger partial charge in [0.1, 0.15) is 0 Å². The van der Waals surface area contributed by atoms with Gasteiger partial charge in [0.05, 0.1) is 15.1 Å². The molecule has 0 aliphatic carbocycles. The van der Waals surface area contributed by atoms with Crippen molar-refractivity contribution in [1.29, 1.82) is 0 Å². The Morgan fingerprint density at radius 1 is 0.938 bits per heavy atom. The minimum Gasteiger partial charge on any atom is -0.355 e. The lowest BCUT2D eigenvalue weighted by Gasteiger charge is -2.25. The van der Waals surface area contributed by atoms with Crippen molar-refractivity contribution in [1.82, 2.24) is 0 Å². The molecule has 1 rings (SSSR count). The molecule has 0 bridgehead atoms. The van der Waals surface area contributed by atoms with Crippen molar-refractivity contribution in [2.45, 2.75) is 12.0 Å². The number of alkyl halides is 3. The summed E-state index contributed by atoms with van der Waals surface area (Å²) in [6.07, 6.45) is -5.27. The van der Waals surface area contributed by atoms with E-state index in [4.69, 9.17) is 45.0 Å². The Morgan fingerprint density at radius 2 is 1.31 bits per heavy atom. The number of rotatable bonds is 1. The smallest absolute Gasteiger partial charge is 0.355 e. The average Bonchev–Trinajstić information content (AvgIpc) is 2.11. The molecule has 2 N–H and O–H groups in total. The summed E-state index contributed by atoms with van der Waals surface area (Å²) in [6, 6.07) is 1.37. The molecule has 0 radical (unpaired) electrons. The molecule has 0 saturated heterocycles. The molecule has 0 fully saturated rings. The summed E-state index contributed by atoms with van der Waals surface area (Å²) in [5.74, 6) is -4.02. The van der Waals surface area contributed by atoms with Gasteiger partial charge in [-0.15, -0.1) is 0 Å². The summed E-state index contributed by atoms with van der Waals surface area (Å²) in [5.41, 5.74) is -0.903. The van der Waals surface area contributed by atoms with Gasteiger partial charge in [0, 0.05) is 5.56 Å². The first kappa shape index (κ1) is 13.9. The molecule has 1 aromatic rings. The minimum atomic E-state index is -5.27. The largest absolute Gasteiger partial charge is 0.447 e. The molecule has 0 aliphatic heterocycles. The highest BCUT2D eigenvalue weighted by Gasteiger charge is 2.54. The summed E-state index contributed by atoms with van der Waals surface area (Å²) in [6.45, 7) is 0. The first-order valence-electron chi connectivity index (χ1n) is 3.74. The molecule has 0 amide bonds. The Bertz CT molecular complexity index is 394. The molecule has 90 valence electrons. The summed E-state index contributed by atoms with van der Waals surface area (Å²) in [4.78, 5) is 0. The second-order valence-corrected chi connectivity index (χ2v) is 4.12. The van der Waals surface area contributed by atoms with Crippen LogP contribution in [-0.2, 0) is 5.79 Å². The summed E-state index contributed by atoms with van der Waals surface area (Å²) in [5, 5.41) is 17.1. The van der Waals surface area contributed by atoms with E-state index in [-0.39, 0.29) is 15.1 Å². The number of aliphatic hydroxyl groups is 2. The molecular formula is C8H4Cl3F3O2. The van der Waals surface area contributed by atoms with E-state index in [1.807, 2.05) is 0 Å². The van der Waals surface area contributed by atoms with E-state index >= 15 is 0 Å². The molecule has 1 aromatic carbocycles. The lowest BCUT2D eigenvalue weighted by molar-refractivity contribution is -0.358. The third-order valence-electron chi connectivity index (χ3n) is 1.78. The maximum absolute atomic E-state index is 12.3. The van der Waals surface area contributed by atoms with E-state index < -0.39 is 17.5 Å². The quantitative estimate of drug-likeness (QED) is 0.616. The number of halogens is 6. The Labute approximate surface area is 103 Å². The van der Waals surface area contributed by atoms with Gasteiger partial charge in [-0.25, -0.2) is 0 Å². The molecule has 0 aromatic heterocycles. The zero-order valence-electron chi connectivity index (χ0n) is 7.32. The van der Waals surface area contributed by atoms with Crippen molar-refractivity contribution in [3.8, 4) is 0 Å². The van der Waals surface area contributed by atoms with E-state index in [1.54, 1.807) is 0 Å². The maximum atomic E-state index is 12.3. The number of hydrogen-bond acceptors (Lipinski definition) is 2. The van der Waals surface area contributed by atoms with Gasteiger partial charge in [-0.05, 0) is 12.1 Å². The van der Waals surface area contributed by atoms with E-state index in [1.165, 1.54) is 0 Å². The highest BCUT2D eigenvalue weighted by molar-refractivity contribution is 6.48. The molecule has 0 unspecified atom stereocenters. The van der Waals surface area contributed by atoms with Crippen molar-refractivity contribution < 1.29 is 23.4 Å². The molecule has 0 saturated carbocycles. The Hall–Kier alpha value is -0.200. The SMILES string of the molecule is OC(O)(c1cc(Cl)c(Cl)c(Cl)c1)C(F)(F)F. The van der Waals surface area contributed by atoms with Gasteiger partial charge in [0.15, 0.2) is 0 Å². The highest BCUT2D eigenvalue weighted by atomic mass is 35.5. The fourth-order valence-electron chi connectivity index (χ4n) is 0.920. The second kappa shape index (κ2) is 4.23. The average molecular weight is 295 g/mol. The van der Waals surface area contributed by atoms with Crippen LogP contribution in [0.2, 0.25) is 15.1 Å². The molecule has 0 heterocycles. The Balaban J connectivity index is 3.35. The van der Waals surface area contributed by atoms with Crippen LogP contribution in [0.25, 0.3) is 0 Å². The Kier molecular flexibility index (Phi) is 3.67. The molecule has 8 heteroatoms. The lowest BCUT2D eigenvalue weighted by Crippen LogP contribution is -2.42. The van der Waals surface area contributed by atoms with Gasteiger partial charge in [0.2, 0.25) is 0 Å². The monoisotopic (exact) mass is 294 g/mol. The van der Waals surface area contributed by atoms with Crippen molar-refractivity contribution in [3.05, 3.63) is 32.8 Å². The van der Waals surface area contributed by atoms with Crippen LogP contribution in [0.5, 0.6) is 0 Å². The van der Waals surface area contributed by atoms with Gasteiger partial charge in [-0.2, -0.15) is 13.2 Å². The number of benzene rings is 1. The molecule has 0 aliphatic rings. The molecular weight excluding hydrogens is 291 g/mol. The molecule has 0 spiro atoms. The van der Waals surface area contributed by atoms with Crippen molar-refractivity contribution in [2.75, 3.05) is 0 Å². The van der Waals surface area contributed by atoms with Gasteiger partial charge >= 0.3 is 6.18 Å². The highest BCUT2D eigenvalue weighted by Crippen LogP contribution is 2.40. The minimum absolute atomic E-state index is 0.162. The molecule has 16 heavy (non-hydrogen) atoms. The fourth-order valence-corrected chi connectivity index (χ4v) is 1.52. The van der Waals surface area contributed by atoms with E-state index in [0.717, 1.165) is 0 Å². The summed E-state index contributed by atoms with van der Waals surface area (Å²) < 4.78 is 36.8. The van der Waals surface area contributed by atoms with Crippen LogP contribution in [0.3, 0.4) is 0 Å². The van der Waals surface area contributed by atoms with Crippen LogP contribution in [-0.4, -0.2) is 16.4 Å². The number of hydrogen-bond donors (Lipinski definition) is 2. The fraction of sp³-hybridized carbons (Fsp3) is 0.250. The van der Waals surface area contributed by atoms with Crippen molar-refractivity contribution in [3.63, 3.8) is 0 Å². The van der Waals surface area contributed by atoms with Crippen LogP contribution in [0.4, 0.5) is 13.2 Å². The maximum Gasteiger partial charge on any atom is 0.447 e. The summed E-state index contributed by atoms with van der Waals surface area (Å²) in [7, 11) is 0. The van der Waals surface area contributed by atoms with Gasteiger partial charge in [-0.3, -0.25) is 0 Å². The van der Waals surface area contributed by atoms with Crippen molar-refractivity contribution >= 4 is 34.8 Å². The predicted octanol–water partition coefficient (Wildman–Crippen LogP) is 3.35. The van der Waals surface area contributed by atoms with E-state index in [9.17, 15) is 13.2 Å². The van der Waals surface area contributed by atoms with Gasteiger partial charge in [-0.1, -0.05) is 34.8 Å². The van der Waals surface area contributed by atoms with Crippen LogP contribution in [0.15, 0.2) is 12.1 Å². The van der Waals surface area contributed by atoms with E-state index in [2.05, 4.69) is 0 Å². The topological polar surface area (TPSA) is 40.5 Å². The standard InChI is InChI=1S/C8H4Cl3F3O2/c9-4-1-3(2-5(10)6(4)11)7(15,16)8(12,13)14/h1-2,15-16H. The first-order chi connectivity index (χ1) is 7.07. The lowest BCUT2D eigenvalue weighted by atomic mass is 10.1. The van der Waals surface area contributed by atoms with Crippen LogP contribution in [0, 0.1) is 0 Å². The second-order valence-electron chi connectivity index (χ2n) is 2.92. The van der Waals surface area contributed by atoms with Gasteiger partial charge in [0.25, 0.3) is 5.79 Å². The molecule has 0 atom stereocenters. The third-order valence-corrected chi connectivity index (χ3v) is 2.98. The van der Waals surface area contributed by atoms with Crippen LogP contribution >= 0.6 is 34.8 Å². The predicted molar refractivity (Wildman–Crippen MR) is 53.6 cm³/mol. The third kappa shape index (κ3) is 2.38. The van der Waals surface area contributed by atoms with Crippen LogP contribution < -0.4 is 0 Å². The zero-order valence-corrected chi connectivity index (χ0v) is 9.58.